The number of unbranched alkanes of at least 4 members (excludes halogenated alkanes) is 1. The molecule has 0 amide bonds. The first kappa shape index (κ1) is 24.6. The Balaban J connectivity index is 4.16. The van der Waals surface area contributed by atoms with Crippen molar-refractivity contribution in [1.29, 1.82) is 0 Å². The summed E-state index contributed by atoms with van der Waals surface area (Å²) in [6.45, 7) is 8.40. The van der Waals surface area contributed by atoms with E-state index in [0.717, 1.165) is 25.7 Å². The van der Waals surface area contributed by atoms with Crippen LogP contribution in [0, 0.1) is 0 Å². The van der Waals surface area contributed by atoms with Crippen molar-refractivity contribution in [3.63, 3.8) is 0 Å². The third-order valence-corrected chi connectivity index (χ3v) is 7.59. The third kappa shape index (κ3) is 13.4. The lowest BCUT2D eigenvalue weighted by Crippen LogP contribution is -2.03. The highest BCUT2D eigenvalue weighted by Crippen LogP contribution is 2.53. The van der Waals surface area contributed by atoms with Gasteiger partial charge in [-0.1, -0.05) is 34.9 Å². The molecule has 0 radical (unpaired) electrons. The minimum absolute atomic E-state index is 0.0751. The average Bonchev–Trinajstić information content (AvgIpc) is 2.44. The van der Waals surface area contributed by atoms with Gasteiger partial charge in [0.15, 0.2) is 0 Å². The first-order valence-electron chi connectivity index (χ1n) is 8.76. The smallest absolute Gasteiger partial charge is 0.337 e. The van der Waals surface area contributed by atoms with E-state index < -0.39 is 21.0 Å². The maximum atomic E-state index is 11.2. The Hall–Kier alpha value is -0.440. The van der Waals surface area contributed by atoms with Crippen LogP contribution in [0.5, 0.6) is 0 Å². The highest BCUT2D eigenvalue weighted by Gasteiger charge is 2.32. The van der Waals surface area contributed by atoms with Gasteiger partial charge in [-0.25, -0.2) is 0 Å². The number of allylic oxidation sites excluding steroid dienone is 6. The molecule has 0 saturated heterocycles. The quantitative estimate of drug-likeness (QED) is 0.230. The predicted octanol–water partition coefficient (Wildman–Crippen LogP) is 5.55. The molecule has 0 bridgehead atoms. The molecule has 0 saturated carbocycles. The van der Waals surface area contributed by atoms with Crippen molar-refractivity contribution < 1.29 is 23.8 Å². The van der Waals surface area contributed by atoms with Gasteiger partial charge < -0.3 is 14.7 Å². The second-order valence-electron chi connectivity index (χ2n) is 6.83. The summed E-state index contributed by atoms with van der Waals surface area (Å²) in [5.74, 6) is 0. The topological polar surface area (TPSA) is 94.8 Å². The summed E-state index contributed by atoms with van der Waals surface area (Å²) in [5.41, 5.74) is 3.97. The van der Waals surface area contributed by atoms with Crippen LogP contribution in [0.1, 0.15) is 72.6 Å². The van der Waals surface area contributed by atoms with Crippen LogP contribution in [-0.4, -0.2) is 20.1 Å². The van der Waals surface area contributed by atoms with E-state index in [0.29, 0.717) is 12.8 Å². The van der Waals surface area contributed by atoms with Gasteiger partial charge in [0.05, 0.1) is 0 Å². The fourth-order valence-electron chi connectivity index (χ4n) is 2.43. The normalized spacial score (nSPS) is 15.8. The summed E-state index contributed by atoms with van der Waals surface area (Å²) >= 11 is 0. The minimum atomic E-state index is -4.49. The Labute approximate surface area is 153 Å². The van der Waals surface area contributed by atoms with E-state index in [1.807, 2.05) is 6.92 Å². The Morgan fingerprint density at radius 3 is 1.88 bits per heavy atom. The van der Waals surface area contributed by atoms with E-state index in [2.05, 4.69) is 39.0 Å². The Morgan fingerprint density at radius 1 is 0.960 bits per heavy atom. The van der Waals surface area contributed by atoms with Crippen molar-refractivity contribution >= 4 is 15.6 Å². The van der Waals surface area contributed by atoms with Gasteiger partial charge in [-0.05, 0) is 72.6 Å². The lowest BCUT2D eigenvalue weighted by Gasteiger charge is -2.14. The maximum Gasteiger partial charge on any atom is 0.337 e. The second-order valence-corrected chi connectivity index (χ2v) is 10.5. The van der Waals surface area contributed by atoms with Gasteiger partial charge in [0.2, 0.25) is 8.03 Å². The zero-order valence-electron chi connectivity index (χ0n) is 15.9. The van der Waals surface area contributed by atoms with Crippen LogP contribution in [0.15, 0.2) is 34.9 Å². The lowest BCUT2D eigenvalue weighted by atomic mass is 10.1. The summed E-state index contributed by atoms with van der Waals surface area (Å²) in [6.07, 6.45) is 11.9. The minimum Gasteiger partial charge on any atom is -0.346 e. The van der Waals surface area contributed by atoms with Crippen LogP contribution in [0.2, 0.25) is 0 Å². The fourth-order valence-corrected chi connectivity index (χ4v) is 4.55. The number of hydrogen-bond acceptors (Lipinski definition) is 2. The van der Waals surface area contributed by atoms with Gasteiger partial charge in [-0.3, -0.25) is 9.13 Å². The van der Waals surface area contributed by atoms with Crippen molar-refractivity contribution in [2.45, 2.75) is 78.0 Å². The molecule has 3 N–H and O–H groups in total. The molecule has 146 valence electrons. The van der Waals surface area contributed by atoms with Gasteiger partial charge in [0.25, 0.3) is 0 Å². The van der Waals surface area contributed by atoms with Gasteiger partial charge in [-0.2, -0.15) is 0 Å². The molecule has 0 aliphatic carbocycles. The number of rotatable bonds is 12. The van der Waals surface area contributed by atoms with Crippen molar-refractivity contribution in [2.24, 2.45) is 0 Å². The van der Waals surface area contributed by atoms with Gasteiger partial charge in [0.1, 0.15) is 5.40 Å². The second kappa shape index (κ2) is 12.8. The molecule has 0 aromatic heterocycles. The molecule has 0 aliphatic rings. The van der Waals surface area contributed by atoms with Crippen LogP contribution >= 0.6 is 15.6 Å². The van der Waals surface area contributed by atoms with Gasteiger partial charge in [-0.15, -0.1) is 0 Å². The van der Waals surface area contributed by atoms with E-state index in [1.165, 1.54) is 16.7 Å². The van der Waals surface area contributed by atoms with Crippen LogP contribution in [0.25, 0.3) is 0 Å². The highest BCUT2D eigenvalue weighted by molar-refractivity contribution is 7.65. The van der Waals surface area contributed by atoms with E-state index in [9.17, 15) is 9.13 Å². The molecule has 0 aliphatic heterocycles. The molecule has 25 heavy (non-hydrogen) atoms. The monoisotopic (exact) mass is 392 g/mol. The summed E-state index contributed by atoms with van der Waals surface area (Å²) in [4.78, 5) is 27.2. The third-order valence-electron chi connectivity index (χ3n) is 3.99. The van der Waals surface area contributed by atoms with E-state index in [-0.39, 0.29) is 6.42 Å². The van der Waals surface area contributed by atoms with Crippen LogP contribution < -0.4 is 0 Å². The molecule has 0 aromatic rings. The fraction of sp³-hybridized carbons (Fsp3) is 0.667. The van der Waals surface area contributed by atoms with Crippen LogP contribution in [-0.2, 0) is 9.13 Å². The molecule has 0 aromatic carbocycles. The Bertz CT molecular complexity index is 554. The molecular weight excluding hydrogens is 358 g/mol. The molecule has 0 fully saturated rings. The first-order valence-corrected chi connectivity index (χ1v) is 11.9. The molecule has 0 rings (SSSR count). The summed E-state index contributed by atoms with van der Waals surface area (Å²) in [7, 11) is -7.70. The summed E-state index contributed by atoms with van der Waals surface area (Å²) in [6, 6.07) is 0. The van der Waals surface area contributed by atoms with E-state index in [4.69, 9.17) is 14.7 Å². The summed E-state index contributed by atoms with van der Waals surface area (Å²) < 4.78 is 22.2. The zero-order chi connectivity index (χ0) is 19.5. The van der Waals surface area contributed by atoms with Gasteiger partial charge in [0, 0.05) is 0 Å². The molecule has 2 atom stereocenters. The van der Waals surface area contributed by atoms with Crippen molar-refractivity contribution in [1.82, 2.24) is 0 Å². The molecule has 7 heteroatoms. The van der Waals surface area contributed by atoms with Crippen molar-refractivity contribution in [3.05, 3.63) is 34.9 Å². The van der Waals surface area contributed by atoms with Crippen LogP contribution in [0.3, 0.4) is 0 Å². The largest absolute Gasteiger partial charge is 0.346 e. The van der Waals surface area contributed by atoms with Crippen LogP contribution in [0.4, 0.5) is 0 Å². The number of hydrogen-bond donors (Lipinski definition) is 3. The van der Waals surface area contributed by atoms with Gasteiger partial charge >= 0.3 is 7.60 Å². The maximum absolute atomic E-state index is 11.2. The Morgan fingerprint density at radius 2 is 1.44 bits per heavy atom. The molecule has 2 unspecified atom stereocenters. The zero-order valence-corrected chi connectivity index (χ0v) is 17.8. The SMILES string of the molecule is CC(C)=CCC/C(C)=C/CC/C(C)=C/CCCC([PH](=O)O)P(=O)(O)O. The first-order chi connectivity index (χ1) is 11.5. The molecule has 0 heterocycles. The highest BCUT2D eigenvalue weighted by atomic mass is 31.2. The van der Waals surface area contributed by atoms with Crippen molar-refractivity contribution in [3.8, 4) is 0 Å². The van der Waals surface area contributed by atoms with E-state index >= 15 is 0 Å². The van der Waals surface area contributed by atoms with Crippen molar-refractivity contribution in [2.75, 3.05) is 0 Å². The standard InChI is InChI=1S/C18H34O5P2/c1-15(2)9-7-11-17(4)13-8-12-16(3)10-5-6-14-18(24(19)20)25(21,22)23/h9-10,13,18,24H,5-8,11-12,14H2,1-4H3,(H,19,20)(H2,21,22,23)/b16-10+,17-13+. The molecular formula is C18H34O5P2. The lowest BCUT2D eigenvalue weighted by molar-refractivity contribution is 0.362. The molecule has 5 nitrogen and oxygen atoms in total. The molecule has 0 spiro atoms. The summed E-state index contributed by atoms with van der Waals surface area (Å²) in [5, 5.41) is -1.41. The average molecular weight is 392 g/mol. The predicted molar refractivity (Wildman–Crippen MR) is 106 cm³/mol. The Kier molecular flexibility index (Phi) is 12.6. The van der Waals surface area contributed by atoms with E-state index in [1.54, 1.807) is 0 Å².